The van der Waals surface area contributed by atoms with Crippen LogP contribution in [0.15, 0.2) is 24.3 Å². The van der Waals surface area contributed by atoms with Gasteiger partial charge in [0.1, 0.15) is 5.75 Å². The molecule has 8 nitrogen and oxygen atoms in total. The predicted molar refractivity (Wildman–Crippen MR) is 103 cm³/mol. The smallest absolute Gasteiger partial charge is 0.269 e. The van der Waals surface area contributed by atoms with E-state index in [0.717, 1.165) is 19.3 Å². The number of thiocarbonyl (C=S) groups is 1. The lowest BCUT2D eigenvalue weighted by atomic mass is 10.2. The number of carbonyl (C=O) groups is 1. The first kappa shape index (κ1) is 19.8. The number of benzene rings is 1. The minimum absolute atomic E-state index is 0.0810. The van der Waals surface area contributed by atoms with E-state index in [-0.39, 0.29) is 23.1 Å². The topological polar surface area (TPSA) is 94.0 Å². The Morgan fingerprint density at radius 2 is 2.19 bits per heavy atom. The summed E-state index contributed by atoms with van der Waals surface area (Å²) in [7, 11) is 0. The molecule has 0 bridgehead atoms. The SMILES string of the molecule is CCCCn1nnc(NC(=S)NC(=O)c2cccc(O[C@H](C)CC)c2)n1. The highest BCUT2D eigenvalue weighted by atomic mass is 32.1. The molecule has 0 aliphatic rings. The average Bonchev–Trinajstić information content (AvgIpc) is 3.07. The molecule has 26 heavy (non-hydrogen) atoms. The Kier molecular flexibility index (Phi) is 7.46. The van der Waals surface area contributed by atoms with Crippen molar-refractivity contribution in [2.75, 3.05) is 5.32 Å². The summed E-state index contributed by atoms with van der Waals surface area (Å²) < 4.78 is 5.73. The van der Waals surface area contributed by atoms with Gasteiger partial charge in [-0.3, -0.25) is 15.4 Å². The fourth-order valence-electron chi connectivity index (χ4n) is 2.02. The minimum atomic E-state index is -0.338. The molecule has 0 fully saturated rings. The number of ether oxygens (including phenoxy) is 1. The number of unbranched alkanes of at least 4 members (excludes halogenated alkanes) is 1. The van der Waals surface area contributed by atoms with Crippen LogP contribution in [0, 0.1) is 0 Å². The zero-order valence-corrected chi connectivity index (χ0v) is 16.0. The summed E-state index contributed by atoms with van der Waals surface area (Å²) in [4.78, 5) is 13.8. The van der Waals surface area contributed by atoms with E-state index in [2.05, 4.69) is 33.0 Å². The van der Waals surface area contributed by atoms with Gasteiger partial charge in [0, 0.05) is 5.56 Å². The first-order chi connectivity index (χ1) is 12.5. The third-order valence-electron chi connectivity index (χ3n) is 3.63. The highest BCUT2D eigenvalue weighted by Crippen LogP contribution is 2.16. The van der Waals surface area contributed by atoms with E-state index in [1.165, 1.54) is 4.80 Å². The minimum Gasteiger partial charge on any atom is -0.491 e. The molecule has 0 spiro atoms. The van der Waals surface area contributed by atoms with Crippen LogP contribution < -0.4 is 15.4 Å². The van der Waals surface area contributed by atoms with Gasteiger partial charge in [-0.15, -0.1) is 5.10 Å². The molecule has 2 aromatic rings. The number of hydrogen-bond donors (Lipinski definition) is 2. The van der Waals surface area contributed by atoms with Gasteiger partial charge in [-0.1, -0.05) is 31.4 Å². The van der Waals surface area contributed by atoms with Crippen molar-refractivity contribution in [2.24, 2.45) is 0 Å². The zero-order chi connectivity index (χ0) is 18.9. The number of amides is 1. The molecule has 0 saturated carbocycles. The van der Waals surface area contributed by atoms with Crippen LogP contribution in [-0.2, 0) is 6.54 Å². The monoisotopic (exact) mass is 376 g/mol. The Bertz CT molecular complexity index is 748. The van der Waals surface area contributed by atoms with Gasteiger partial charge < -0.3 is 4.74 Å². The molecule has 0 aliphatic heterocycles. The predicted octanol–water partition coefficient (Wildman–Crippen LogP) is 2.78. The lowest BCUT2D eigenvalue weighted by molar-refractivity contribution is 0.0977. The quantitative estimate of drug-likeness (QED) is 0.684. The van der Waals surface area contributed by atoms with Crippen molar-refractivity contribution in [2.45, 2.75) is 52.7 Å². The van der Waals surface area contributed by atoms with Crippen molar-refractivity contribution in [1.82, 2.24) is 25.5 Å². The standard InChI is InChI=1S/C17H24N6O2S/c1-4-6-10-23-21-16(20-22-23)19-17(26)18-15(24)13-8-7-9-14(11-13)25-12(3)5-2/h7-9,11-12H,4-6,10H2,1-3H3,(H2,18,19,21,24,26)/t12-/m1/s1. The van der Waals surface area contributed by atoms with Crippen molar-refractivity contribution in [3.63, 3.8) is 0 Å². The molecule has 1 aromatic heterocycles. The molecule has 1 amide bonds. The zero-order valence-electron chi connectivity index (χ0n) is 15.2. The lowest BCUT2D eigenvalue weighted by Gasteiger charge is -2.13. The third kappa shape index (κ3) is 6.07. The summed E-state index contributed by atoms with van der Waals surface area (Å²) in [6.07, 6.45) is 2.97. The number of anilines is 1. The fraction of sp³-hybridized carbons (Fsp3) is 0.471. The summed E-state index contributed by atoms with van der Waals surface area (Å²) in [6.45, 7) is 6.79. The summed E-state index contributed by atoms with van der Waals surface area (Å²) >= 11 is 5.14. The number of aromatic nitrogens is 4. The maximum absolute atomic E-state index is 12.3. The van der Waals surface area contributed by atoms with Gasteiger partial charge in [0.05, 0.1) is 12.6 Å². The largest absolute Gasteiger partial charge is 0.491 e. The van der Waals surface area contributed by atoms with Crippen LogP contribution in [0.4, 0.5) is 5.95 Å². The van der Waals surface area contributed by atoms with Gasteiger partial charge >= 0.3 is 0 Å². The van der Waals surface area contributed by atoms with Crippen LogP contribution in [0.5, 0.6) is 5.75 Å². The first-order valence-corrected chi connectivity index (χ1v) is 9.09. The number of nitrogens with one attached hydrogen (secondary N) is 2. The molecule has 0 unspecified atom stereocenters. The Morgan fingerprint density at radius 1 is 1.38 bits per heavy atom. The number of carbonyl (C=O) groups excluding carboxylic acids is 1. The van der Waals surface area contributed by atoms with Gasteiger partial charge in [-0.25, -0.2) is 0 Å². The Morgan fingerprint density at radius 3 is 2.92 bits per heavy atom. The second-order valence-electron chi connectivity index (χ2n) is 5.84. The molecule has 140 valence electrons. The summed E-state index contributed by atoms with van der Waals surface area (Å²) in [5.74, 6) is 0.558. The van der Waals surface area contributed by atoms with Crippen LogP contribution in [-0.4, -0.2) is 37.3 Å². The highest BCUT2D eigenvalue weighted by Gasteiger charge is 2.11. The maximum atomic E-state index is 12.3. The van der Waals surface area contributed by atoms with E-state index in [1.54, 1.807) is 18.2 Å². The summed E-state index contributed by atoms with van der Waals surface area (Å²) in [6, 6.07) is 6.96. The normalized spacial score (nSPS) is 11.7. The molecular weight excluding hydrogens is 352 g/mol. The highest BCUT2D eigenvalue weighted by molar-refractivity contribution is 7.80. The van der Waals surface area contributed by atoms with Crippen LogP contribution in [0.25, 0.3) is 0 Å². The lowest BCUT2D eigenvalue weighted by Crippen LogP contribution is -2.34. The molecule has 2 N–H and O–H groups in total. The average molecular weight is 376 g/mol. The second kappa shape index (κ2) is 9.81. The molecule has 2 rings (SSSR count). The van der Waals surface area contributed by atoms with E-state index in [9.17, 15) is 4.79 Å². The van der Waals surface area contributed by atoms with Crippen molar-refractivity contribution in [3.8, 4) is 5.75 Å². The van der Waals surface area contributed by atoms with Gasteiger partial charge in [-0.2, -0.15) is 4.80 Å². The Labute approximate surface area is 158 Å². The molecule has 0 saturated heterocycles. The second-order valence-corrected chi connectivity index (χ2v) is 6.24. The Hall–Kier alpha value is -2.55. The summed E-state index contributed by atoms with van der Waals surface area (Å²) in [5, 5.41) is 17.4. The first-order valence-electron chi connectivity index (χ1n) is 8.68. The van der Waals surface area contributed by atoms with Gasteiger partial charge in [0.25, 0.3) is 11.9 Å². The molecule has 0 aliphatic carbocycles. The number of hydrogen-bond acceptors (Lipinski definition) is 6. The summed E-state index contributed by atoms with van der Waals surface area (Å²) in [5.41, 5.74) is 0.453. The van der Waals surface area contributed by atoms with Crippen molar-refractivity contribution in [3.05, 3.63) is 29.8 Å². The van der Waals surface area contributed by atoms with E-state index >= 15 is 0 Å². The Balaban J connectivity index is 1.91. The molecule has 1 heterocycles. The number of nitrogens with zero attached hydrogens (tertiary/aromatic N) is 4. The van der Waals surface area contributed by atoms with Gasteiger partial charge in [0.15, 0.2) is 5.11 Å². The van der Waals surface area contributed by atoms with E-state index < -0.39 is 0 Å². The molecular formula is C17H24N6O2S. The molecule has 1 aromatic carbocycles. The van der Waals surface area contributed by atoms with Crippen molar-refractivity contribution in [1.29, 1.82) is 0 Å². The van der Waals surface area contributed by atoms with Crippen LogP contribution in [0.3, 0.4) is 0 Å². The van der Waals surface area contributed by atoms with Crippen LogP contribution >= 0.6 is 12.2 Å². The number of rotatable bonds is 8. The van der Waals surface area contributed by atoms with Crippen molar-refractivity contribution < 1.29 is 9.53 Å². The van der Waals surface area contributed by atoms with Crippen molar-refractivity contribution >= 4 is 29.2 Å². The van der Waals surface area contributed by atoms with E-state index in [0.29, 0.717) is 17.9 Å². The van der Waals surface area contributed by atoms with Gasteiger partial charge in [0.2, 0.25) is 0 Å². The fourth-order valence-corrected chi connectivity index (χ4v) is 2.21. The van der Waals surface area contributed by atoms with Gasteiger partial charge in [-0.05, 0) is 55.4 Å². The molecule has 0 radical (unpaired) electrons. The number of tetrazole rings is 1. The molecule has 9 heteroatoms. The van der Waals surface area contributed by atoms with E-state index in [1.807, 2.05) is 19.9 Å². The van der Waals surface area contributed by atoms with Crippen LogP contribution in [0.2, 0.25) is 0 Å². The third-order valence-corrected chi connectivity index (χ3v) is 3.83. The van der Waals surface area contributed by atoms with Crippen LogP contribution in [0.1, 0.15) is 50.4 Å². The maximum Gasteiger partial charge on any atom is 0.269 e. The number of aryl methyl sites for hydroxylation is 1. The van der Waals surface area contributed by atoms with E-state index in [4.69, 9.17) is 17.0 Å². The molecule has 1 atom stereocenters.